The molecule has 0 aromatic heterocycles. The maximum absolute atomic E-state index is 9.00. The van der Waals surface area contributed by atoms with Gasteiger partial charge in [-0.15, -0.1) is 0 Å². The molecule has 0 saturated carbocycles. The third kappa shape index (κ3) is 2150. The molecule has 9 heavy (non-hydrogen) atoms. The molecule has 0 spiro atoms. The van der Waals surface area contributed by atoms with Crippen molar-refractivity contribution in [3.8, 4) is 0 Å². The number of rotatable bonds is 0. The third-order valence-electron chi connectivity index (χ3n) is 0. The second kappa shape index (κ2) is 10.6. The summed E-state index contributed by atoms with van der Waals surface area (Å²) in [5.41, 5.74) is 8.94. The van der Waals surface area contributed by atoms with Crippen LogP contribution in [0.1, 0.15) is 6.92 Å². The molecule has 0 aromatic rings. The van der Waals surface area contributed by atoms with Crippen LogP contribution in [0.4, 0.5) is 0 Å². The first-order chi connectivity index (χ1) is 3.46. The Labute approximate surface area is 73.1 Å². The van der Waals surface area contributed by atoms with E-state index in [1.165, 1.54) is 0 Å². The summed E-state index contributed by atoms with van der Waals surface area (Å²) in [6.07, 6.45) is 0. The Hall–Kier alpha value is -0.338. The van der Waals surface area contributed by atoms with Crippen LogP contribution < -0.4 is 11.5 Å². The molecule has 0 unspecified atom stereocenters. The van der Waals surface area contributed by atoms with E-state index < -0.39 is 5.97 Å². The van der Waals surface area contributed by atoms with Crippen molar-refractivity contribution < 1.29 is 9.90 Å². The van der Waals surface area contributed by atoms with Gasteiger partial charge in [0.1, 0.15) is 0 Å². The molecule has 0 bridgehead atoms. The number of carboxylic acids is 1. The monoisotopic (exact) mass is 327 g/mol. The molecule has 0 aliphatic carbocycles. The second-order valence-corrected chi connectivity index (χ2v) is 0.974. The van der Waals surface area contributed by atoms with Gasteiger partial charge in [-0.1, -0.05) is 0 Å². The molecule has 4 radical (unpaired) electrons. The summed E-state index contributed by atoms with van der Waals surface area (Å²) in [7, 11) is 0. The van der Waals surface area contributed by atoms with Gasteiger partial charge in [0, 0.05) is 34.2 Å². The van der Waals surface area contributed by atoms with Gasteiger partial charge in [-0.05, 0) is 0 Å². The minimum Gasteiger partial charge on any atom is -0.481 e. The van der Waals surface area contributed by atoms with Crippen LogP contribution in [0.25, 0.3) is 0 Å². The summed E-state index contributed by atoms with van der Waals surface area (Å²) >= 11 is 0. The van der Waals surface area contributed by atoms with Gasteiger partial charge in [0.15, 0.2) is 5.96 Å². The first-order valence-electron chi connectivity index (χ1n) is 1.76. The molecule has 0 fully saturated rings. The summed E-state index contributed by atoms with van der Waals surface area (Å²) in [5.74, 6) is -1.17. The first-order valence-corrected chi connectivity index (χ1v) is 1.76. The second-order valence-electron chi connectivity index (χ2n) is 0.974. The van der Waals surface area contributed by atoms with Gasteiger partial charge in [-0.2, -0.15) is 0 Å². The number of nitrogens with two attached hydrogens (primary N) is 2. The molecule has 0 aliphatic rings. The molecule has 6 N–H and O–H groups in total. The number of guanidine groups is 1. The van der Waals surface area contributed by atoms with Gasteiger partial charge >= 0.3 is 0 Å². The molecule has 6 heteroatoms. The van der Waals surface area contributed by atoms with Crippen LogP contribution in [0.5, 0.6) is 0 Å². The first kappa shape index (κ1) is 15.9. The zero-order valence-electron chi connectivity index (χ0n) is 5.01. The van der Waals surface area contributed by atoms with E-state index in [0.717, 1.165) is 6.92 Å². The predicted octanol–water partition coefficient (Wildman–Crippen LogP) is -1.45. The number of aliphatic carboxylic acids is 1. The number of carbonyl (C=O) groups is 1. The Bertz CT molecular complexity index is 75.1. The Balaban J connectivity index is -0.0000000720. The summed E-state index contributed by atoms with van der Waals surface area (Å²) in [4.78, 5) is 9.00. The van der Waals surface area contributed by atoms with Crippen LogP contribution >= 0.6 is 0 Å². The van der Waals surface area contributed by atoms with Gasteiger partial charge in [0.05, 0.1) is 0 Å². The van der Waals surface area contributed by atoms with E-state index in [-0.39, 0.29) is 33.3 Å². The fourth-order valence-corrected chi connectivity index (χ4v) is 0. The van der Waals surface area contributed by atoms with E-state index in [1.807, 2.05) is 0 Å². The summed E-state index contributed by atoms with van der Waals surface area (Å²) in [6.45, 7) is 1.08. The normalized spacial score (nSPS) is 5.44. The van der Waals surface area contributed by atoms with Gasteiger partial charge in [0.2, 0.25) is 0 Å². The van der Waals surface area contributed by atoms with Crippen molar-refractivity contribution in [2.75, 3.05) is 0 Å². The maximum Gasteiger partial charge on any atom is 0.300 e. The number of hydrogen-bond donors (Lipinski definition) is 4. The molecule has 0 aliphatic heterocycles. The molecule has 0 amide bonds. The van der Waals surface area contributed by atoms with Crippen molar-refractivity contribution in [2.45, 2.75) is 6.92 Å². The minimum atomic E-state index is -0.833. The van der Waals surface area contributed by atoms with E-state index in [9.17, 15) is 0 Å². The Morgan fingerprint density at radius 2 is 1.56 bits per heavy atom. The average Bonchev–Trinajstić information content (AvgIpc) is 1.25. The summed E-state index contributed by atoms with van der Waals surface area (Å²) in [6, 6.07) is 0. The molecule has 0 heterocycles. The molecule has 5 nitrogen and oxygen atoms in total. The number of nitrogens with one attached hydrogen (secondary N) is 1. The van der Waals surface area contributed by atoms with Crippen molar-refractivity contribution in [1.82, 2.24) is 0 Å². The zero-order valence-corrected chi connectivity index (χ0v) is 8.90. The van der Waals surface area contributed by atoms with Gasteiger partial charge < -0.3 is 16.6 Å². The fraction of sp³-hybridized carbons (Fsp3) is 0.333. The van der Waals surface area contributed by atoms with Crippen molar-refractivity contribution in [2.24, 2.45) is 11.5 Å². The topological polar surface area (TPSA) is 113 Å². The van der Waals surface area contributed by atoms with E-state index >= 15 is 0 Å². The van der Waals surface area contributed by atoms with Crippen molar-refractivity contribution in [3.63, 3.8) is 0 Å². The quantitative estimate of drug-likeness (QED) is 0.248. The fourth-order valence-electron chi connectivity index (χ4n) is 0. The van der Waals surface area contributed by atoms with Crippen molar-refractivity contribution in [1.29, 1.82) is 5.41 Å². The summed E-state index contributed by atoms with van der Waals surface area (Å²) in [5, 5.41) is 13.5. The molecule has 52 valence electrons. The standard InChI is InChI=1S/C2H4O2.CH5N3.Pb/c1-2(3)4;2-1(3)4;/h1H3,(H,3,4);(H5,2,3,4);. The van der Waals surface area contributed by atoms with Crippen LogP contribution in [0.15, 0.2) is 0 Å². The molecular formula is C3H9N3O2Pb. The van der Waals surface area contributed by atoms with Crippen LogP contribution in [0.2, 0.25) is 0 Å². The minimum absolute atomic E-state index is 0. The van der Waals surface area contributed by atoms with E-state index in [4.69, 9.17) is 15.3 Å². The van der Waals surface area contributed by atoms with E-state index in [2.05, 4.69) is 11.5 Å². The molecule has 0 rings (SSSR count). The van der Waals surface area contributed by atoms with Crippen LogP contribution in [0.3, 0.4) is 0 Å². The third-order valence-corrected chi connectivity index (χ3v) is 0. The Kier molecular flexibility index (Phi) is 18.7. The number of hydrogen-bond acceptors (Lipinski definition) is 2. The van der Waals surface area contributed by atoms with Gasteiger partial charge in [0.25, 0.3) is 5.97 Å². The molecular weight excluding hydrogens is 317 g/mol. The molecule has 0 atom stereocenters. The predicted molar refractivity (Wildman–Crippen MR) is 35.2 cm³/mol. The Morgan fingerprint density at radius 3 is 1.56 bits per heavy atom. The average molecular weight is 326 g/mol. The van der Waals surface area contributed by atoms with E-state index in [1.54, 1.807) is 0 Å². The van der Waals surface area contributed by atoms with Crippen LogP contribution in [0, 0.1) is 5.41 Å². The molecule has 0 saturated heterocycles. The van der Waals surface area contributed by atoms with Crippen LogP contribution in [-0.2, 0) is 4.79 Å². The SMILES string of the molecule is CC(=O)O.N=C(N)N.[Pb]. The van der Waals surface area contributed by atoms with Gasteiger partial charge in [-0.25, -0.2) is 0 Å². The largest absolute Gasteiger partial charge is 0.481 e. The summed E-state index contributed by atoms with van der Waals surface area (Å²) < 4.78 is 0. The van der Waals surface area contributed by atoms with Crippen molar-refractivity contribution >= 4 is 39.2 Å². The smallest absolute Gasteiger partial charge is 0.300 e. The number of carboxylic acid groups (broad SMARTS) is 1. The van der Waals surface area contributed by atoms with E-state index in [0.29, 0.717) is 0 Å². The van der Waals surface area contributed by atoms with Gasteiger partial charge in [-0.3, -0.25) is 10.2 Å². The Morgan fingerprint density at radius 1 is 1.56 bits per heavy atom. The van der Waals surface area contributed by atoms with Crippen LogP contribution in [-0.4, -0.2) is 44.3 Å². The molecule has 0 aromatic carbocycles. The zero-order chi connectivity index (χ0) is 7.15. The maximum atomic E-state index is 9.00. The van der Waals surface area contributed by atoms with Crippen molar-refractivity contribution in [3.05, 3.63) is 0 Å².